The molecule has 5 heteroatoms. The lowest BCUT2D eigenvalue weighted by Gasteiger charge is -2.44. The van der Waals surface area contributed by atoms with E-state index in [-0.39, 0.29) is 18.8 Å². The number of benzene rings is 1. The Morgan fingerprint density at radius 1 is 1.14 bits per heavy atom. The molecule has 21 heavy (non-hydrogen) atoms. The SMILES string of the molecule is OC1C=C2CCN3Cc4cc5c(cc4[C@H](C1O)[C@@H]23)OCO5. The summed E-state index contributed by atoms with van der Waals surface area (Å²) in [5, 5.41) is 20.7. The first-order valence-corrected chi connectivity index (χ1v) is 7.45. The van der Waals surface area contributed by atoms with E-state index >= 15 is 0 Å². The summed E-state index contributed by atoms with van der Waals surface area (Å²) >= 11 is 0. The van der Waals surface area contributed by atoms with Crippen molar-refractivity contribution in [2.75, 3.05) is 13.3 Å². The molecule has 1 aromatic rings. The Morgan fingerprint density at radius 2 is 1.95 bits per heavy atom. The van der Waals surface area contributed by atoms with E-state index in [1.165, 1.54) is 11.1 Å². The Balaban J connectivity index is 1.70. The van der Waals surface area contributed by atoms with E-state index in [1.54, 1.807) is 0 Å². The van der Waals surface area contributed by atoms with Crippen molar-refractivity contribution in [2.45, 2.75) is 37.1 Å². The highest BCUT2D eigenvalue weighted by atomic mass is 16.7. The van der Waals surface area contributed by atoms with Crippen molar-refractivity contribution in [3.63, 3.8) is 0 Å². The maximum absolute atomic E-state index is 10.5. The van der Waals surface area contributed by atoms with Crippen molar-refractivity contribution in [1.82, 2.24) is 4.90 Å². The summed E-state index contributed by atoms with van der Waals surface area (Å²) < 4.78 is 10.9. The topological polar surface area (TPSA) is 62.2 Å². The van der Waals surface area contributed by atoms with Crippen LogP contribution in [-0.2, 0) is 6.54 Å². The predicted octanol–water partition coefficient (Wildman–Crippen LogP) is 0.749. The fourth-order valence-electron chi connectivity index (χ4n) is 4.35. The van der Waals surface area contributed by atoms with Crippen molar-refractivity contribution in [3.05, 3.63) is 34.9 Å². The smallest absolute Gasteiger partial charge is 0.231 e. The molecule has 2 N–H and O–H groups in total. The second-order valence-electron chi connectivity index (χ2n) is 6.32. The number of aliphatic hydroxyl groups excluding tert-OH is 2. The molecular weight excluding hydrogens is 270 g/mol. The van der Waals surface area contributed by atoms with Crippen molar-refractivity contribution in [3.8, 4) is 11.5 Å². The van der Waals surface area contributed by atoms with Gasteiger partial charge in [0.15, 0.2) is 11.5 Å². The number of aliphatic hydroxyl groups is 2. The van der Waals surface area contributed by atoms with Crippen LogP contribution in [0.25, 0.3) is 0 Å². The van der Waals surface area contributed by atoms with E-state index < -0.39 is 12.2 Å². The average Bonchev–Trinajstić information content (AvgIpc) is 3.08. The van der Waals surface area contributed by atoms with Gasteiger partial charge in [0.1, 0.15) is 0 Å². The maximum atomic E-state index is 10.5. The van der Waals surface area contributed by atoms with Crippen LogP contribution in [0.5, 0.6) is 11.5 Å². The molecular formula is C16H17NO4. The van der Waals surface area contributed by atoms with E-state index in [4.69, 9.17) is 9.47 Å². The lowest BCUT2D eigenvalue weighted by Crippen LogP contribution is -2.49. The van der Waals surface area contributed by atoms with Crippen LogP contribution in [0.4, 0.5) is 0 Å². The quantitative estimate of drug-likeness (QED) is 0.690. The summed E-state index contributed by atoms with van der Waals surface area (Å²) in [6.07, 6.45) is 1.28. The van der Waals surface area contributed by atoms with Gasteiger partial charge in [-0.05, 0) is 29.7 Å². The standard InChI is InChI=1S/C16H17NO4/c18-11-3-8-1-2-17-6-9-4-12-13(21-7-20-12)5-10(9)14(15(8)17)16(11)19/h3-5,11,14-16,18-19H,1-2,6-7H2/t11?,14-,15+,16?/m0/s1. The van der Waals surface area contributed by atoms with Gasteiger partial charge in [-0.3, -0.25) is 4.90 Å². The average molecular weight is 287 g/mol. The number of fused-ring (bicyclic) bond motifs is 3. The Kier molecular flexibility index (Phi) is 2.29. The molecule has 3 heterocycles. The molecule has 0 aromatic heterocycles. The summed E-state index contributed by atoms with van der Waals surface area (Å²) in [7, 11) is 0. The summed E-state index contributed by atoms with van der Waals surface area (Å²) in [5.41, 5.74) is 3.54. The van der Waals surface area contributed by atoms with Crippen molar-refractivity contribution in [1.29, 1.82) is 0 Å². The van der Waals surface area contributed by atoms with Gasteiger partial charge in [0, 0.05) is 25.0 Å². The second kappa shape index (κ2) is 4.00. The van der Waals surface area contributed by atoms with Crippen molar-refractivity contribution in [2.24, 2.45) is 0 Å². The molecule has 0 saturated carbocycles. The third-order valence-electron chi connectivity index (χ3n) is 5.27. The fraction of sp³-hybridized carbons (Fsp3) is 0.500. The lowest BCUT2D eigenvalue weighted by molar-refractivity contribution is -0.00157. The molecule has 2 unspecified atom stereocenters. The highest BCUT2D eigenvalue weighted by molar-refractivity contribution is 5.53. The minimum absolute atomic E-state index is 0.0826. The molecule has 1 saturated heterocycles. The van der Waals surface area contributed by atoms with Crippen molar-refractivity contribution < 1.29 is 19.7 Å². The molecule has 0 spiro atoms. The van der Waals surface area contributed by atoms with E-state index in [0.29, 0.717) is 0 Å². The van der Waals surface area contributed by atoms with Crippen LogP contribution >= 0.6 is 0 Å². The number of rotatable bonds is 0. The monoisotopic (exact) mass is 287 g/mol. The highest BCUT2D eigenvalue weighted by Gasteiger charge is 2.48. The first-order valence-electron chi connectivity index (χ1n) is 7.45. The zero-order chi connectivity index (χ0) is 14.1. The first-order chi connectivity index (χ1) is 10.2. The Labute approximate surface area is 122 Å². The van der Waals surface area contributed by atoms with Crippen LogP contribution in [0.15, 0.2) is 23.8 Å². The zero-order valence-corrected chi connectivity index (χ0v) is 11.5. The molecule has 0 bridgehead atoms. The summed E-state index contributed by atoms with van der Waals surface area (Å²) in [6.45, 7) is 2.11. The third-order valence-corrected chi connectivity index (χ3v) is 5.27. The Morgan fingerprint density at radius 3 is 2.81 bits per heavy atom. The normalized spacial score (nSPS) is 36.2. The maximum Gasteiger partial charge on any atom is 0.231 e. The van der Waals surface area contributed by atoms with Crippen LogP contribution in [0, 0.1) is 0 Å². The highest BCUT2D eigenvalue weighted by Crippen LogP contribution is 2.49. The molecule has 1 aliphatic carbocycles. The second-order valence-corrected chi connectivity index (χ2v) is 6.32. The van der Waals surface area contributed by atoms with Crippen LogP contribution in [-0.4, -0.2) is 46.7 Å². The largest absolute Gasteiger partial charge is 0.454 e. The van der Waals surface area contributed by atoms with Gasteiger partial charge in [0.05, 0.1) is 12.2 Å². The number of nitrogens with zero attached hydrogens (tertiary/aromatic N) is 1. The van der Waals surface area contributed by atoms with Crippen LogP contribution in [0.2, 0.25) is 0 Å². The van der Waals surface area contributed by atoms with E-state index in [0.717, 1.165) is 36.6 Å². The number of hydrogen-bond donors (Lipinski definition) is 2. The van der Waals surface area contributed by atoms with Crippen LogP contribution in [0.3, 0.4) is 0 Å². The molecule has 5 rings (SSSR count). The fourth-order valence-corrected chi connectivity index (χ4v) is 4.35. The molecule has 0 amide bonds. The zero-order valence-electron chi connectivity index (χ0n) is 11.5. The molecule has 1 aromatic carbocycles. The summed E-state index contributed by atoms with van der Waals surface area (Å²) in [4.78, 5) is 2.40. The van der Waals surface area contributed by atoms with Crippen LogP contribution < -0.4 is 9.47 Å². The molecule has 1 fully saturated rings. The van der Waals surface area contributed by atoms with Gasteiger partial charge in [-0.1, -0.05) is 11.6 Å². The first kappa shape index (κ1) is 12.0. The van der Waals surface area contributed by atoms with Gasteiger partial charge >= 0.3 is 0 Å². The van der Waals surface area contributed by atoms with Gasteiger partial charge in [0.2, 0.25) is 6.79 Å². The molecule has 4 aliphatic rings. The molecule has 0 radical (unpaired) electrons. The number of ether oxygens (including phenoxy) is 2. The molecule has 5 nitrogen and oxygen atoms in total. The summed E-state index contributed by atoms with van der Waals surface area (Å²) in [6, 6.07) is 4.25. The Hall–Kier alpha value is -1.56. The van der Waals surface area contributed by atoms with Gasteiger partial charge < -0.3 is 19.7 Å². The minimum Gasteiger partial charge on any atom is -0.454 e. The van der Waals surface area contributed by atoms with Gasteiger partial charge in [0.25, 0.3) is 0 Å². The van der Waals surface area contributed by atoms with E-state index in [1.807, 2.05) is 18.2 Å². The number of hydrogen-bond acceptors (Lipinski definition) is 5. The van der Waals surface area contributed by atoms with E-state index in [2.05, 4.69) is 4.90 Å². The van der Waals surface area contributed by atoms with Crippen molar-refractivity contribution >= 4 is 0 Å². The third kappa shape index (κ3) is 1.51. The van der Waals surface area contributed by atoms with E-state index in [9.17, 15) is 10.2 Å². The minimum atomic E-state index is -0.780. The predicted molar refractivity (Wildman–Crippen MR) is 74.2 cm³/mol. The molecule has 110 valence electrons. The molecule has 3 aliphatic heterocycles. The van der Waals surface area contributed by atoms with Gasteiger partial charge in [-0.15, -0.1) is 0 Å². The summed E-state index contributed by atoms with van der Waals surface area (Å²) in [5.74, 6) is 1.45. The van der Waals surface area contributed by atoms with Crippen LogP contribution in [0.1, 0.15) is 23.5 Å². The van der Waals surface area contributed by atoms with Gasteiger partial charge in [-0.25, -0.2) is 0 Å². The Bertz CT molecular complexity index is 656. The van der Waals surface area contributed by atoms with Gasteiger partial charge in [-0.2, -0.15) is 0 Å². The molecule has 4 atom stereocenters. The lowest BCUT2D eigenvalue weighted by atomic mass is 9.73.